The van der Waals surface area contributed by atoms with Crippen molar-refractivity contribution in [2.24, 2.45) is 0 Å². The van der Waals surface area contributed by atoms with E-state index in [1.54, 1.807) is 12.1 Å². The molecule has 4 rings (SSSR count). The van der Waals surface area contributed by atoms with Crippen LogP contribution in [0.1, 0.15) is 59.4 Å². The molecule has 32 heavy (non-hydrogen) atoms. The third-order valence-electron chi connectivity index (χ3n) is 6.01. The standard InChI is InChI=1S/C25H27FN4O2/c1-16-7-8-18(14-17(16)2)22(31)11-12-24(32)27-19-9-10-21(26)20(15-19)25-29-28-23-6-4-3-5-13-30(23)25/h7-10,14-15H,3-6,11-13H2,1-2H3,(H,27,32). The Balaban J connectivity index is 1.44. The molecular weight excluding hydrogens is 407 g/mol. The Bertz CT molecular complexity index is 1170. The molecule has 0 fully saturated rings. The maximum atomic E-state index is 14.6. The Morgan fingerprint density at radius 1 is 1.00 bits per heavy atom. The number of hydrogen-bond donors (Lipinski definition) is 1. The fraction of sp³-hybridized carbons (Fsp3) is 0.360. The van der Waals surface area contributed by atoms with Crippen LogP contribution in [0.2, 0.25) is 0 Å². The van der Waals surface area contributed by atoms with Crippen LogP contribution in [-0.2, 0) is 17.8 Å². The molecule has 2 heterocycles. The second-order valence-corrected chi connectivity index (χ2v) is 8.37. The van der Waals surface area contributed by atoms with Gasteiger partial charge in [-0.1, -0.05) is 18.6 Å². The summed E-state index contributed by atoms with van der Waals surface area (Å²) in [4.78, 5) is 24.9. The molecule has 0 atom stereocenters. The zero-order valence-electron chi connectivity index (χ0n) is 18.4. The van der Waals surface area contributed by atoms with Crippen LogP contribution in [0, 0.1) is 19.7 Å². The van der Waals surface area contributed by atoms with E-state index >= 15 is 0 Å². The van der Waals surface area contributed by atoms with Gasteiger partial charge in [-0.25, -0.2) is 4.39 Å². The summed E-state index contributed by atoms with van der Waals surface area (Å²) in [7, 11) is 0. The van der Waals surface area contributed by atoms with Gasteiger partial charge in [0.2, 0.25) is 5.91 Å². The molecule has 7 heteroatoms. The van der Waals surface area contributed by atoms with Crippen molar-refractivity contribution in [3.05, 3.63) is 64.7 Å². The number of benzene rings is 2. The van der Waals surface area contributed by atoms with Crippen LogP contribution in [0.3, 0.4) is 0 Å². The van der Waals surface area contributed by atoms with E-state index < -0.39 is 5.82 Å². The molecule has 1 aliphatic rings. The average Bonchev–Trinajstić information content (AvgIpc) is 3.02. The van der Waals surface area contributed by atoms with Crippen LogP contribution in [0.25, 0.3) is 11.4 Å². The lowest BCUT2D eigenvalue weighted by Gasteiger charge is -2.10. The van der Waals surface area contributed by atoms with Gasteiger partial charge in [0.05, 0.1) is 5.56 Å². The summed E-state index contributed by atoms with van der Waals surface area (Å²) < 4.78 is 16.6. The molecule has 1 N–H and O–H groups in total. The Morgan fingerprint density at radius 3 is 2.66 bits per heavy atom. The average molecular weight is 435 g/mol. The van der Waals surface area contributed by atoms with Crippen molar-refractivity contribution in [3.63, 3.8) is 0 Å². The molecule has 0 spiro atoms. The van der Waals surface area contributed by atoms with Crippen LogP contribution < -0.4 is 5.32 Å². The van der Waals surface area contributed by atoms with E-state index in [4.69, 9.17) is 0 Å². The number of amides is 1. The van der Waals surface area contributed by atoms with E-state index in [1.807, 2.05) is 30.5 Å². The van der Waals surface area contributed by atoms with Gasteiger partial charge in [-0.3, -0.25) is 9.59 Å². The number of nitrogens with one attached hydrogen (secondary N) is 1. The van der Waals surface area contributed by atoms with Gasteiger partial charge in [-0.05, 0) is 62.1 Å². The number of fused-ring (bicyclic) bond motifs is 1. The maximum Gasteiger partial charge on any atom is 0.224 e. The molecule has 1 aliphatic heterocycles. The van der Waals surface area contributed by atoms with Crippen molar-refractivity contribution < 1.29 is 14.0 Å². The second-order valence-electron chi connectivity index (χ2n) is 8.37. The van der Waals surface area contributed by atoms with Crippen LogP contribution in [0.4, 0.5) is 10.1 Å². The summed E-state index contributed by atoms with van der Waals surface area (Å²) in [5.74, 6) is 0.581. The molecule has 0 unspecified atom stereocenters. The fourth-order valence-corrected chi connectivity index (χ4v) is 3.97. The summed E-state index contributed by atoms with van der Waals surface area (Å²) in [5.41, 5.74) is 3.56. The van der Waals surface area contributed by atoms with Gasteiger partial charge in [-0.15, -0.1) is 10.2 Å². The molecule has 0 aliphatic carbocycles. The number of nitrogens with zero attached hydrogens (tertiary/aromatic N) is 3. The highest BCUT2D eigenvalue weighted by atomic mass is 19.1. The van der Waals surface area contributed by atoms with Crippen molar-refractivity contribution >= 4 is 17.4 Å². The summed E-state index contributed by atoms with van der Waals surface area (Å²) in [6.45, 7) is 4.71. The molecule has 3 aromatic rings. The van der Waals surface area contributed by atoms with Crippen molar-refractivity contribution in [1.29, 1.82) is 0 Å². The summed E-state index contributed by atoms with van der Waals surface area (Å²) >= 11 is 0. The van der Waals surface area contributed by atoms with E-state index in [1.165, 1.54) is 12.1 Å². The number of halogens is 1. The first kappa shape index (κ1) is 21.9. The number of aromatic nitrogens is 3. The molecule has 0 bridgehead atoms. The van der Waals surface area contributed by atoms with Crippen molar-refractivity contribution in [2.45, 2.75) is 58.9 Å². The zero-order chi connectivity index (χ0) is 22.7. The summed E-state index contributed by atoms with van der Waals surface area (Å²) in [6, 6.07) is 9.97. The molecule has 6 nitrogen and oxygen atoms in total. The minimum atomic E-state index is -0.410. The Labute approximate surface area is 186 Å². The third kappa shape index (κ3) is 4.77. The predicted molar refractivity (Wildman–Crippen MR) is 121 cm³/mol. The lowest BCUT2D eigenvalue weighted by Crippen LogP contribution is -2.14. The van der Waals surface area contributed by atoms with E-state index in [9.17, 15) is 14.0 Å². The minimum absolute atomic E-state index is 0.0544. The predicted octanol–water partition coefficient (Wildman–Crippen LogP) is 5.03. The molecule has 0 saturated heterocycles. The molecule has 166 valence electrons. The summed E-state index contributed by atoms with van der Waals surface area (Å²) in [5, 5.41) is 11.2. The number of carbonyl (C=O) groups is 2. The summed E-state index contributed by atoms with van der Waals surface area (Å²) in [6.07, 6.45) is 4.17. The molecule has 0 saturated carbocycles. The normalized spacial score (nSPS) is 13.3. The topological polar surface area (TPSA) is 76.9 Å². The van der Waals surface area contributed by atoms with Crippen molar-refractivity contribution in [3.8, 4) is 11.4 Å². The molecule has 0 radical (unpaired) electrons. The number of hydrogen-bond acceptors (Lipinski definition) is 4. The number of rotatable bonds is 6. The van der Waals surface area contributed by atoms with Gasteiger partial charge in [0, 0.05) is 37.1 Å². The highest BCUT2D eigenvalue weighted by Gasteiger charge is 2.19. The maximum absolute atomic E-state index is 14.6. The van der Waals surface area contributed by atoms with E-state index in [0.717, 1.165) is 49.2 Å². The SMILES string of the molecule is Cc1ccc(C(=O)CCC(=O)Nc2ccc(F)c(-c3nnc4n3CCCCC4)c2)cc1C. The lowest BCUT2D eigenvalue weighted by molar-refractivity contribution is -0.116. The molecule has 2 aromatic carbocycles. The minimum Gasteiger partial charge on any atom is -0.326 e. The van der Waals surface area contributed by atoms with Crippen LogP contribution in [0.15, 0.2) is 36.4 Å². The number of anilines is 1. The van der Waals surface area contributed by atoms with Gasteiger partial charge in [0.25, 0.3) is 0 Å². The number of aryl methyl sites for hydroxylation is 3. The molecule has 1 amide bonds. The smallest absolute Gasteiger partial charge is 0.224 e. The van der Waals surface area contributed by atoms with E-state index in [0.29, 0.717) is 22.6 Å². The van der Waals surface area contributed by atoms with Crippen LogP contribution in [-0.4, -0.2) is 26.5 Å². The van der Waals surface area contributed by atoms with E-state index in [-0.39, 0.29) is 24.5 Å². The monoisotopic (exact) mass is 434 g/mol. The van der Waals surface area contributed by atoms with Crippen LogP contribution >= 0.6 is 0 Å². The zero-order valence-corrected chi connectivity index (χ0v) is 18.4. The van der Waals surface area contributed by atoms with Gasteiger partial charge < -0.3 is 9.88 Å². The van der Waals surface area contributed by atoms with E-state index in [2.05, 4.69) is 15.5 Å². The van der Waals surface area contributed by atoms with Crippen LogP contribution in [0.5, 0.6) is 0 Å². The third-order valence-corrected chi connectivity index (χ3v) is 6.01. The van der Waals surface area contributed by atoms with Crippen molar-refractivity contribution in [2.75, 3.05) is 5.32 Å². The Hall–Kier alpha value is -3.35. The first-order valence-electron chi connectivity index (χ1n) is 11.0. The number of ketones is 1. The first-order chi connectivity index (χ1) is 15.4. The van der Waals surface area contributed by atoms with Gasteiger partial charge in [-0.2, -0.15) is 0 Å². The number of Topliss-reactive ketones (excluding diaryl/α,β-unsaturated/α-hetero) is 1. The van der Waals surface area contributed by atoms with Gasteiger partial charge >= 0.3 is 0 Å². The quantitative estimate of drug-likeness (QED) is 0.552. The second kappa shape index (κ2) is 9.42. The molecule has 1 aromatic heterocycles. The number of carbonyl (C=O) groups excluding carboxylic acids is 2. The Morgan fingerprint density at radius 2 is 1.84 bits per heavy atom. The van der Waals surface area contributed by atoms with Gasteiger partial charge in [0.15, 0.2) is 11.6 Å². The Kier molecular flexibility index (Phi) is 6.44. The van der Waals surface area contributed by atoms with Gasteiger partial charge in [0.1, 0.15) is 11.6 Å². The largest absolute Gasteiger partial charge is 0.326 e. The highest BCUT2D eigenvalue weighted by molar-refractivity contribution is 6.00. The highest BCUT2D eigenvalue weighted by Crippen LogP contribution is 2.27. The lowest BCUT2D eigenvalue weighted by atomic mass is 10.0. The van der Waals surface area contributed by atoms with Crippen molar-refractivity contribution in [1.82, 2.24) is 14.8 Å². The molecular formula is C25H27FN4O2. The first-order valence-corrected chi connectivity index (χ1v) is 11.0. The fourth-order valence-electron chi connectivity index (χ4n) is 3.97.